The lowest BCUT2D eigenvalue weighted by Crippen LogP contribution is -2.30. The predicted octanol–water partition coefficient (Wildman–Crippen LogP) is 6.33. The number of hydrogen-bond donors (Lipinski definition) is 1. The maximum atomic E-state index is 5.95. The molecule has 4 nitrogen and oxygen atoms in total. The van der Waals surface area contributed by atoms with Crippen molar-refractivity contribution < 1.29 is 4.74 Å². The van der Waals surface area contributed by atoms with Gasteiger partial charge in [0.2, 0.25) is 0 Å². The van der Waals surface area contributed by atoms with Gasteiger partial charge in [-0.2, -0.15) is 0 Å². The first kappa shape index (κ1) is 20.5. The van der Waals surface area contributed by atoms with E-state index in [-0.39, 0.29) is 0 Å². The number of para-hydroxylation sites is 4. The maximum absolute atomic E-state index is 5.95. The second kappa shape index (κ2) is 9.37. The molecule has 1 aliphatic heterocycles. The van der Waals surface area contributed by atoms with Gasteiger partial charge < -0.3 is 9.64 Å². The van der Waals surface area contributed by atoms with E-state index in [0.29, 0.717) is 0 Å². The molecule has 1 aliphatic carbocycles. The first-order chi connectivity index (χ1) is 15.2. The number of rotatable bonds is 3. The smallest absolute Gasteiger partial charge is 0.151 e. The summed E-state index contributed by atoms with van der Waals surface area (Å²) in [4.78, 5) is 2.29. The number of nitrogens with two attached hydrogens (primary N) is 1. The van der Waals surface area contributed by atoms with Crippen molar-refractivity contribution in [3.05, 3.63) is 121 Å². The van der Waals surface area contributed by atoms with Gasteiger partial charge in [0.1, 0.15) is 0 Å². The van der Waals surface area contributed by atoms with E-state index in [9.17, 15) is 0 Å². The van der Waals surface area contributed by atoms with Gasteiger partial charge in [-0.15, -0.1) is 0 Å². The molecular formula is C27H27N3O. The van der Waals surface area contributed by atoms with Crippen molar-refractivity contribution in [1.82, 2.24) is 0 Å². The van der Waals surface area contributed by atoms with E-state index in [0.717, 1.165) is 47.1 Å². The molecule has 0 saturated carbocycles. The molecule has 0 atom stereocenters. The molecule has 0 saturated heterocycles. The quantitative estimate of drug-likeness (QED) is 0.405. The Balaban J connectivity index is 0.000000152. The number of ether oxygens (including phenoxy) is 1. The number of allylic oxidation sites excluding steroid dienone is 3. The van der Waals surface area contributed by atoms with E-state index >= 15 is 0 Å². The van der Waals surface area contributed by atoms with Crippen LogP contribution in [0.4, 0.5) is 17.1 Å². The molecule has 1 heterocycles. The Hall–Kier alpha value is -3.76. The van der Waals surface area contributed by atoms with Gasteiger partial charge in [0.05, 0.1) is 22.8 Å². The Morgan fingerprint density at radius 3 is 2.10 bits per heavy atom. The van der Waals surface area contributed by atoms with E-state index in [2.05, 4.69) is 30.5 Å². The normalized spacial score (nSPS) is 14.1. The van der Waals surface area contributed by atoms with E-state index in [1.165, 1.54) is 5.70 Å². The van der Waals surface area contributed by atoms with Gasteiger partial charge in [-0.05, 0) is 61.4 Å². The zero-order valence-electron chi connectivity index (χ0n) is 17.7. The van der Waals surface area contributed by atoms with Crippen molar-refractivity contribution in [3.8, 4) is 5.75 Å². The number of likely N-dealkylation sites (N-methyl/N-ethyl adjacent to an activating group) is 1. The molecule has 0 radical (unpaired) electrons. The molecule has 0 bridgehead atoms. The summed E-state index contributed by atoms with van der Waals surface area (Å²) < 4.78 is 5.93. The first-order valence-electron chi connectivity index (χ1n) is 10.5. The standard InChI is InChI=1S/C15H15NO.C12H12N2/c1-3-16-12-6-4-5-7-14(12)17-15-10-11(2)8-9-13(15)16;13-14(11-7-3-1-4-8-11)12-9-5-2-6-10-12/h4-7,9-10H,2-3,8H2,1H3;1-10H,13H2. The van der Waals surface area contributed by atoms with Crippen LogP contribution in [0.25, 0.3) is 0 Å². The van der Waals surface area contributed by atoms with Gasteiger partial charge in [0.15, 0.2) is 11.5 Å². The highest BCUT2D eigenvalue weighted by atomic mass is 16.5. The maximum Gasteiger partial charge on any atom is 0.151 e. The van der Waals surface area contributed by atoms with Crippen molar-refractivity contribution in [2.45, 2.75) is 13.3 Å². The fourth-order valence-electron chi connectivity index (χ4n) is 3.65. The van der Waals surface area contributed by atoms with Crippen LogP contribution in [0.3, 0.4) is 0 Å². The zero-order valence-corrected chi connectivity index (χ0v) is 17.7. The van der Waals surface area contributed by atoms with Gasteiger partial charge >= 0.3 is 0 Å². The zero-order chi connectivity index (χ0) is 21.6. The Labute approximate surface area is 184 Å². The number of hydrazine groups is 1. The minimum atomic E-state index is 0.904. The topological polar surface area (TPSA) is 41.7 Å². The van der Waals surface area contributed by atoms with Gasteiger partial charge in [-0.1, -0.05) is 61.2 Å². The van der Waals surface area contributed by atoms with Crippen LogP contribution in [-0.4, -0.2) is 6.54 Å². The fraction of sp³-hybridized carbons (Fsp3) is 0.111. The lowest BCUT2D eigenvalue weighted by molar-refractivity contribution is 0.416. The van der Waals surface area contributed by atoms with Crippen LogP contribution in [0.2, 0.25) is 0 Å². The van der Waals surface area contributed by atoms with Crippen LogP contribution < -0.4 is 20.5 Å². The van der Waals surface area contributed by atoms with Gasteiger partial charge in [0.25, 0.3) is 0 Å². The molecule has 3 aromatic carbocycles. The SMILES string of the molecule is C=C1C=C2Oc3ccccc3N(CC)C2=CC1.NN(c1ccccc1)c1ccccc1. The van der Waals surface area contributed by atoms with Crippen LogP contribution >= 0.6 is 0 Å². The lowest BCUT2D eigenvalue weighted by atomic mass is 10.0. The third kappa shape index (κ3) is 4.55. The molecule has 0 spiro atoms. The Bertz CT molecular complexity index is 1060. The second-order valence-electron chi connectivity index (χ2n) is 7.32. The second-order valence-corrected chi connectivity index (χ2v) is 7.32. The van der Waals surface area contributed by atoms with Crippen LogP contribution in [0, 0.1) is 0 Å². The average molecular weight is 410 g/mol. The molecule has 0 amide bonds. The van der Waals surface area contributed by atoms with E-state index in [1.807, 2.05) is 84.9 Å². The number of anilines is 3. The number of fused-ring (bicyclic) bond motifs is 2. The largest absolute Gasteiger partial charge is 0.453 e. The summed E-state index contributed by atoms with van der Waals surface area (Å²) in [7, 11) is 0. The van der Waals surface area contributed by atoms with Gasteiger partial charge in [-0.3, -0.25) is 5.01 Å². The third-order valence-electron chi connectivity index (χ3n) is 5.20. The fourth-order valence-corrected chi connectivity index (χ4v) is 3.65. The third-order valence-corrected chi connectivity index (χ3v) is 5.20. The monoisotopic (exact) mass is 409 g/mol. The van der Waals surface area contributed by atoms with Crippen molar-refractivity contribution in [2.75, 3.05) is 16.5 Å². The van der Waals surface area contributed by atoms with Crippen molar-refractivity contribution in [1.29, 1.82) is 0 Å². The molecule has 0 fully saturated rings. The number of nitrogens with zero attached hydrogens (tertiary/aromatic N) is 2. The van der Waals surface area contributed by atoms with Crippen molar-refractivity contribution in [3.63, 3.8) is 0 Å². The highest BCUT2D eigenvalue weighted by Gasteiger charge is 2.26. The molecule has 31 heavy (non-hydrogen) atoms. The number of hydrogen-bond acceptors (Lipinski definition) is 4. The Morgan fingerprint density at radius 2 is 1.48 bits per heavy atom. The van der Waals surface area contributed by atoms with Crippen LogP contribution in [0.1, 0.15) is 13.3 Å². The van der Waals surface area contributed by atoms with Crippen molar-refractivity contribution >= 4 is 17.1 Å². The average Bonchev–Trinajstić information content (AvgIpc) is 2.83. The summed E-state index contributed by atoms with van der Waals surface area (Å²) >= 11 is 0. The summed E-state index contributed by atoms with van der Waals surface area (Å²) in [5.74, 6) is 7.79. The van der Waals surface area contributed by atoms with E-state index in [1.54, 1.807) is 5.01 Å². The highest BCUT2D eigenvalue weighted by molar-refractivity contribution is 5.69. The summed E-state index contributed by atoms with van der Waals surface area (Å²) in [6, 6.07) is 27.9. The molecule has 2 aliphatic rings. The van der Waals surface area contributed by atoms with Crippen LogP contribution in [0.15, 0.2) is 121 Å². The highest BCUT2D eigenvalue weighted by Crippen LogP contribution is 2.41. The lowest BCUT2D eigenvalue weighted by Gasteiger charge is -2.35. The predicted molar refractivity (Wildman–Crippen MR) is 129 cm³/mol. The van der Waals surface area contributed by atoms with Crippen LogP contribution in [0.5, 0.6) is 5.75 Å². The summed E-state index contributed by atoms with van der Waals surface area (Å²) in [5.41, 5.74) is 5.38. The van der Waals surface area contributed by atoms with E-state index < -0.39 is 0 Å². The van der Waals surface area contributed by atoms with E-state index in [4.69, 9.17) is 10.6 Å². The Kier molecular flexibility index (Phi) is 6.20. The van der Waals surface area contributed by atoms with Crippen molar-refractivity contribution in [2.24, 2.45) is 5.84 Å². The molecule has 5 rings (SSSR count). The molecule has 156 valence electrons. The van der Waals surface area contributed by atoms with Gasteiger partial charge in [0, 0.05) is 6.54 Å². The summed E-state index contributed by atoms with van der Waals surface area (Å²) in [6.07, 6.45) is 5.13. The minimum Gasteiger partial charge on any atom is -0.453 e. The Morgan fingerprint density at radius 1 is 0.903 bits per heavy atom. The first-order valence-corrected chi connectivity index (χ1v) is 10.5. The molecule has 0 unspecified atom stereocenters. The molecule has 4 heteroatoms. The summed E-state index contributed by atoms with van der Waals surface area (Å²) in [5, 5.41) is 1.67. The minimum absolute atomic E-state index is 0.904. The summed E-state index contributed by atoms with van der Waals surface area (Å²) in [6.45, 7) is 7.09. The molecule has 2 N–H and O–H groups in total. The van der Waals surface area contributed by atoms with Gasteiger partial charge in [-0.25, -0.2) is 5.84 Å². The molecule has 0 aromatic heterocycles. The molecular weight excluding hydrogens is 382 g/mol. The van der Waals surface area contributed by atoms with Crippen LogP contribution in [-0.2, 0) is 0 Å². The number of benzene rings is 3. The molecule has 3 aromatic rings.